The Kier molecular flexibility index (Phi) is 7.89. The van der Waals surface area contributed by atoms with Gasteiger partial charge in [-0.1, -0.05) is 12.1 Å². The minimum atomic E-state index is 0.116. The predicted octanol–water partition coefficient (Wildman–Crippen LogP) is 1.28. The van der Waals surface area contributed by atoms with E-state index >= 15 is 0 Å². The number of likely N-dealkylation sites (tertiary alicyclic amines) is 1. The number of nitrogens with zero attached hydrogens (tertiary/aromatic N) is 4. The van der Waals surface area contributed by atoms with Gasteiger partial charge in [-0.25, -0.2) is 0 Å². The molecule has 2 heterocycles. The zero-order chi connectivity index (χ0) is 20.6. The Morgan fingerprint density at radius 1 is 0.966 bits per heavy atom. The second-order valence-electron chi connectivity index (χ2n) is 8.10. The minimum absolute atomic E-state index is 0.116. The lowest BCUT2D eigenvalue weighted by Crippen LogP contribution is -2.52. The van der Waals surface area contributed by atoms with E-state index in [9.17, 15) is 9.59 Å². The zero-order valence-corrected chi connectivity index (χ0v) is 17.8. The molecule has 0 saturated carbocycles. The fraction of sp³-hybridized carbons (Fsp3) is 0.636. The summed E-state index contributed by atoms with van der Waals surface area (Å²) in [5.74, 6) is 1.18. The molecule has 2 fully saturated rings. The molecule has 0 aromatic heterocycles. The Morgan fingerprint density at radius 2 is 1.62 bits per heavy atom. The molecule has 7 nitrogen and oxygen atoms in total. The number of hydrogen-bond donors (Lipinski definition) is 0. The van der Waals surface area contributed by atoms with E-state index < -0.39 is 0 Å². The standard InChI is InChI=1S/C22H34N4O3/c1-23(16-19-7-6-8-20(15-19)29-2)21(27)17-24-11-13-25(14-12-24)18-22(28)26-9-4-3-5-10-26/h6-8,15H,3-5,9-14,16-18H2,1-2H3. The van der Waals surface area contributed by atoms with Crippen molar-refractivity contribution in [2.24, 2.45) is 0 Å². The van der Waals surface area contributed by atoms with Gasteiger partial charge in [-0.2, -0.15) is 0 Å². The zero-order valence-electron chi connectivity index (χ0n) is 17.8. The number of carbonyl (C=O) groups is 2. The number of likely N-dealkylation sites (N-methyl/N-ethyl adjacent to an activating group) is 1. The van der Waals surface area contributed by atoms with Crippen LogP contribution in [0.5, 0.6) is 5.75 Å². The summed E-state index contributed by atoms with van der Waals surface area (Å²) in [4.78, 5) is 33.2. The van der Waals surface area contributed by atoms with Crippen LogP contribution in [0.1, 0.15) is 24.8 Å². The fourth-order valence-corrected chi connectivity index (χ4v) is 3.98. The van der Waals surface area contributed by atoms with Crippen LogP contribution in [0.4, 0.5) is 0 Å². The van der Waals surface area contributed by atoms with Crippen molar-refractivity contribution in [1.82, 2.24) is 19.6 Å². The number of methoxy groups -OCH3 is 1. The van der Waals surface area contributed by atoms with Crippen LogP contribution in [0.2, 0.25) is 0 Å². The number of piperidine rings is 1. The van der Waals surface area contributed by atoms with Gasteiger partial charge in [-0.15, -0.1) is 0 Å². The Labute approximate surface area is 174 Å². The number of carbonyl (C=O) groups excluding carboxylic acids is 2. The van der Waals surface area contributed by atoms with Gasteiger partial charge in [-0.05, 0) is 37.0 Å². The lowest BCUT2D eigenvalue weighted by Gasteiger charge is -2.36. The third-order valence-corrected chi connectivity index (χ3v) is 5.87. The van der Waals surface area contributed by atoms with Crippen molar-refractivity contribution in [3.63, 3.8) is 0 Å². The monoisotopic (exact) mass is 402 g/mol. The first-order valence-corrected chi connectivity index (χ1v) is 10.6. The van der Waals surface area contributed by atoms with E-state index in [2.05, 4.69) is 9.80 Å². The number of ether oxygens (including phenoxy) is 1. The van der Waals surface area contributed by atoms with Crippen LogP contribution in [0.15, 0.2) is 24.3 Å². The maximum absolute atomic E-state index is 12.6. The van der Waals surface area contributed by atoms with E-state index in [4.69, 9.17) is 4.74 Å². The molecule has 1 aromatic rings. The van der Waals surface area contributed by atoms with E-state index in [0.717, 1.165) is 63.4 Å². The molecular weight excluding hydrogens is 368 g/mol. The maximum Gasteiger partial charge on any atom is 0.236 e. The van der Waals surface area contributed by atoms with E-state index in [1.165, 1.54) is 6.42 Å². The lowest BCUT2D eigenvalue weighted by atomic mass is 10.1. The average Bonchev–Trinajstić information content (AvgIpc) is 2.75. The molecule has 0 atom stereocenters. The molecule has 0 aliphatic carbocycles. The maximum atomic E-state index is 12.6. The van der Waals surface area contributed by atoms with Gasteiger partial charge in [0.15, 0.2) is 0 Å². The lowest BCUT2D eigenvalue weighted by molar-refractivity contribution is -0.135. The topological polar surface area (TPSA) is 56.3 Å². The first-order valence-electron chi connectivity index (χ1n) is 10.6. The van der Waals surface area contributed by atoms with Crippen LogP contribution in [0.3, 0.4) is 0 Å². The number of benzene rings is 1. The van der Waals surface area contributed by atoms with Gasteiger partial charge in [-0.3, -0.25) is 19.4 Å². The van der Waals surface area contributed by atoms with Gasteiger partial charge < -0.3 is 14.5 Å². The molecule has 1 aromatic carbocycles. The average molecular weight is 403 g/mol. The Bertz CT molecular complexity index is 682. The van der Waals surface area contributed by atoms with Crippen molar-refractivity contribution >= 4 is 11.8 Å². The molecule has 2 amide bonds. The molecule has 0 bridgehead atoms. The highest BCUT2D eigenvalue weighted by atomic mass is 16.5. The molecule has 2 aliphatic rings. The van der Waals surface area contributed by atoms with Gasteiger partial charge in [0.25, 0.3) is 0 Å². The largest absolute Gasteiger partial charge is 0.497 e. The van der Waals surface area contributed by atoms with Crippen LogP contribution in [-0.2, 0) is 16.1 Å². The quantitative estimate of drug-likeness (QED) is 0.688. The van der Waals surface area contributed by atoms with Crippen molar-refractivity contribution in [3.05, 3.63) is 29.8 Å². The summed E-state index contributed by atoms with van der Waals surface area (Å²) in [7, 11) is 3.49. The molecule has 0 spiro atoms. The van der Waals surface area contributed by atoms with Gasteiger partial charge >= 0.3 is 0 Å². The number of piperazine rings is 1. The van der Waals surface area contributed by atoms with Crippen molar-refractivity contribution in [2.75, 3.05) is 66.5 Å². The summed E-state index contributed by atoms with van der Waals surface area (Å²) < 4.78 is 5.25. The summed E-state index contributed by atoms with van der Waals surface area (Å²) in [6.07, 6.45) is 3.50. The summed E-state index contributed by atoms with van der Waals surface area (Å²) >= 11 is 0. The van der Waals surface area contributed by atoms with Crippen molar-refractivity contribution < 1.29 is 14.3 Å². The van der Waals surface area contributed by atoms with E-state index in [-0.39, 0.29) is 11.8 Å². The first-order chi connectivity index (χ1) is 14.0. The van der Waals surface area contributed by atoms with Crippen LogP contribution in [0.25, 0.3) is 0 Å². The highest BCUT2D eigenvalue weighted by Crippen LogP contribution is 2.14. The second kappa shape index (κ2) is 10.6. The van der Waals surface area contributed by atoms with Crippen LogP contribution >= 0.6 is 0 Å². The number of rotatable bonds is 7. The molecule has 7 heteroatoms. The van der Waals surface area contributed by atoms with Crippen molar-refractivity contribution in [3.8, 4) is 5.75 Å². The van der Waals surface area contributed by atoms with Crippen molar-refractivity contribution in [2.45, 2.75) is 25.8 Å². The minimum Gasteiger partial charge on any atom is -0.497 e. The van der Waals surface area contributed by atoms with Crippen LogP contribution in [-0.4, -0.2) is 97.9 Å². The van der Waals surface area contributed by atoms with Gasteiger partial charge in [0, 0.05) is 52.9 Å². The third-order valence-electron chi connectivity index (χ3n) is 5.87. The summed E-state index contributed by atoms with van der Waals surface area (Å²) in [6, 6.07) is 7.81. The van der Waals surface area contributed by atoms with E-state index in [1.54, 1.807) is 12.0 Å². The van der Waals surface area contributed by atoms with E-state index in [0.29, 0.717) is 19.6 Å². The summed E-state index contributed by atoms with van der Waals surface area (Å²) in [5, 5.41) is 0. The molecule has 0 radical (unpaired) electrons. The van der Waals surface area contributed by atoms with Crippen molar-refractivity contribution in [1.29, 1.82) is 0 Å². The molecular formula is C22H34N4O3. The SMILES string of the molecule is COc1cccc(CN(C)C(=O)CN2CCN(CC(=O)N3CCCCC3)CC2)c1. The second-order valence-corrected chi connectivity index (χ2v) is 8.10. The smallest absolute Gasteiger partial charge is 0.236 e. The van der Waals surface area contributed by atoms with Gasteiger partial charge in [0.2, 0.25) is 11.8 Å². The molecule has 160 valence electrons. The van der Waals surface area contributed by atoms with E-state index in [1.807, 2.05) is 36.2 Å². The Morgan fingerprint density at radius 3 is 2.28 bits per heavy atom. The van der Waals surface area contributed by atoms with Crippen LogP contribution < -0.4 is 4.74 Å². The van der Waals surface area contributed by atoms with Gasteiger partial charge in [0.1, 0.15) is 5.75 Å². The number of hydrogen-bond acceptors (Lipinski definition) is 5. The summed E-state index contributed by atoms with van der Waals surface area (Å²) in [5.41, 5.74) is 1.06. The predicted molar refractivity (Wildman–Crippen MR) is 113 cm³/mol. The highest BCUT2D eigenvalue weighted by Gasteiger charge is 2.24. The molecule has 0 unspecified atom stereocenters. The first kappa shape index (κ1) is 21.6. The Hall–Kier alpha value is -2.12. The molecule has 3 rings (SSSR count). The van der Waals surface area contributed by atoms with Gasteiger partial charge in [0.05, 0.1) is 20.2 Å². The van der Waals surface area contributed by atoms with Crippen LogP contribution in [0, 0.1) is 0 Å². The highest BCUT2D eigenvalue weighted by molar-refractivity contribution is 5.78. The molecule has 0 N–H and O–H groups in total. The molecule has 2 saturated heterocycles. The Balaban J connectivity index is 1.39. The normalized spacial score (nSPS) is 18.5. The third kappa shape index (κ3) is 6.44. The molecule has 29 heavy (non-hydrogen) atoms. The number of amides is 2. The fourth-order valence-electron chi connectivity index (χ4n) is 3.98. The molecule has 2 aliphatic heterocycles. The summed E-state index contributed by atoms with van der Waals surface area (Å²) in [6.45, 7) is 6.66.